The van der Waals surface area contributed by atoms with Crippen molar-refractivity contribution in [2.24, 2.45) is 0 Å². The second-order valence-electron chi connectivity index (χ2n) is 6.16. The van der Waals surface area contributed by atoms with Crippen molar-refractivity contribution in [1.82, 2.24) is 20.5 Å². The van der Waals surface area contributed by atoms with E-state index in [1.54, 1.807) is 0 Å². The molecule has 8 heteroatoms. The number of carboxylic acids is 1. The van der Waals surface area contributed by atoms with Gasteiger partial charge in [0.05, 0.1) is 6.04 Å². The molecule has 1 aliphatic rings. The molecule has 3 rings (SSSR count). The molecule has 0 fully saturated rings. The van der Waals surface area contributed by atoms with Crippen molar-refractivity contribution in [2.45, 2.75) is 31.8 Å². The van der Waals surface area contributed by atoms with Crippen LogP contribution in [-0.2, 0) is 24.2 Å². The lowest BCUT2D eigenvalue weighted by atomic mass is 9.94. The number of amides is 1. The largest absolute Gasteiger partial charge is 0.476 e. The molecule has 1 aromatic carbocycles. The van der Waals surface area contributed by atoms with E-state index in [-0.39, 0.29) is 17.6 Å². The van der Waals surface area contributed by atoms with Gasteiger partial charge in [0.2, 0.25) is 11.6 Å². The van der Waals surface area contributed by atoms with Crippen LogP contribution in [0.2, 0.25) is 0 Å². The summed E-state index contributed by atoms with van der Waals surface area (Å²) in [5.74, 6) is -1.18. The van der Waals surface area contributed by atoms with E-state index in [1.165, 1.54) is 11.1 Å². The molecule has 0 spiro atoms. The van der Waals surface area contributed by atoms with Crippen LogP contribution in [0.25, 0.3) is 0 Å². The molecule has 0 aliphatic carbocycles. The maximum Gasteiger partial charge on any atom is 0.360 e. The third-order valence-electron chi connectivity index (χ3n) is 4.43. The smallest absolute Gasteiger partial charge is 0.360 e. The van der Waals surface area contributed by atoms with Crippen molar-refractivity contribution in [1.29, 1.82) is 0 Å². The summed E-state index contributed by atoms with van der Waals surface area (Å²) in [6.07, 6.45) is 1.64. The van der Waals surface area contributed by atoms with Crippen LogP contribution in [0.5, 0.6) is 0 Å². The molecule has 0 saturated carbocycles. The summed E-state index contributed by atoms with van der Waals surface area (Å²) in [5.41, 5.74) is 2.59. The van der Waals surface area contributed by atoms with Gasteiger partial charge in [-0.3, -0.25) is 9.69 Å². The molecular formula is C17H20N4O4. The molecule has 8 nitrogen and oxygen atoms in total. The Bertz CT molecular complexity index is 774. The highest BCUT2D eigenvalue weighted by Crippen LogP contribution is 2.21. The first-order valence-electron chi connectivity index (χ1n) is 8.15. The van der Waals surface area contributed by atoms with Crippen LogP contribution in [0.3, 0.4) is 0 Å². The monoisotopic (exact) mass is 344 g/mol. The van der Waals surface area contributed by atoms with E-state index >= 15 is 0 Å². The zero-order valence-electron chi connectivity index (χ0n) is 13.9. The summed E-state index contributed by atoms with van der Waals surface area (Å²) in [6, 6.07) is 7.96. The molecule has 132 valence electrons. The molecule has 2 heterocycles. The van der Waals surface area contributed by atoms with Gasteiger partial charge in [0.15, 0.2) is 0 Å². The van der Waals surface area contributed by atoms with Crippen molar-refractivity contribution in [2.75, 3.05) is 13.6 Å². The maximum absolute atomic E-state index is 12.5. The molecule has 2 aromatic rings. The Morgan fingerprint density at radius 3 is 2.84 bits per heavy atom. The van der Waals surface area contributed by atoms with Gasteiger partial charge in [-0.1, -0.05) is 29.4 Å². The number of rotatable bonds is 6. The van der Waals surface area contributed by atoms with E-state index < -0.39 is 5.97 Å². The molecule has 25 heavy (non-hydrogen) atoms. The van der Waals surface area contributed by atoms with Gasteiger partial charge in [0.25, 0.3) is 0 Å². The van der Waals surface area contributed by atoms with Crippen molar-refractivity contribution in [3.63, 3.8) is 0 Å². The van der Waals surface area contributed by atoms with E-state index in [2.05, 4.69) is 32.4 Å². The molecule has 2 N–H and O–H groups in total. The van der Waals surface area contributed by atoms with Gasteiger partial charge in [-0.2, -0.15) is 0 Å². The van der Waals surface area contributed by atoms with Gasteiger partial charge < -0.3 is 10.4 Å². The number of likely N-dealkylation sites (N-methyl/N-ethyl adjacent to an activating group) is 1. The third-order valence-corrected chi connectivity index (χ3v) is 4.43. The van der Waals surface area contributed by atoms with E-state index in [4.69, 9.17) is 5.11 Å². The summed E-state index contributed by atoms with van der Waals surface area (Å²) in [6.45, 7) is 1.19. The van der Waals surface area contributed by atoms with Gasteiger partial charge in [0, 0.05) is 13.1 Å². The zero-order valence-corrected chi connectivity index (χ0v) is 13.9. The number of nitrogens with one attached hydrogen (secondary N) is 1. The van der Waals surface area contributed by atoms with E-state index in [0.717, 1.165) is 6.54 Å². The topological polar surface area (TPSA) is 109 Å². The van der Waals surface area contributed by atoms with Gasteiger partial charge in [0.1, 0.15) is 5.69 Å². The number of hydrogen-bond acceptors (Lipinski definition) is 6. The van der Waals surface area contributed by atoms with Crippen molar-refractivity contribution < 1.29 is 19.3 Å². The normalized spacial score (nSPS) is 17.1. The summed E-state index contributed by atoms with van der Waals surface area (Å²) >= 11 is 0. The van der Waals surface area contributed by atoms with Crippen LogP contribution in [0.4, 0.5) is 0 Å². The van der Waals surface area contributed by atoms with Crippen LogP contribution < -0.4 is 5.32 Å². The second kappa shape index (κ2) is 7.43. The molecule has 0 saturated heterocycles. The summed E-state index contributed by atoms with van der Waals surface area (Å²) in [7, 11) is 1.94. The quantitative estimate of drug-likeness (QED) is 0.749. The average Bonchev–Trinajstić information content (AvgIpc) is 3.06. The highest BCUT2D eigenvalue weighted by Gasteiger charge is 2.28. The number of benzene rings is 1. The van der Waals surface area contributed by atoms with E-state index in [1.807, 2.05) is 24.1 Å². The Kier molecular flexibility index (Phi) is 5.08. The minimum Gasteiger partial charge on any atom is -0.476 e. The highest BCUT2D eigenvalue weighted by molar-refractivity contribution is 5.86. The molecule has 1 aliphatic heterocycles. The predicted molar refractivity (Wildman–Crippen MR) is 88.0 cm³/mol. The lowest BCUT2D eigenvalue weighted by molar-refractivity contribution is -0.126. The first-order chi connectivity index (χ1) is 12.1. The number of aryl methyl sites for hydroxylation is 1. The standard InChI is InChI=1S/C17H20N4O4/c1-21-10-12-6-3-2-5-11(12)9-14(21)16(22)18-8-4-7-13-15(17(23)24)20-25-19-13/h2-3,5-6,14H,4,7-10H2,1H3,(H,18,22)(H,23,24)/t14-/m1/s1. The number of aromatic nitrogens is 2. The Hall–Kier alpha value is -2.74. The van der Waals surface area contributed by atoms with Crippen LogP contribution in [-0.4, -0.2) is 51.8 Å². The van der Waals surface area contributed by atoms with Crippen molar-refractivity contribution in [3.8, 4) is 0 Å². The first-order valence-corrected chi connectivity index (χ1v) is 8.15. The van der Waals surface area contributed by atoms with Crippen LogP contribution in [0.15, 0.2) is 28.9 Å². The summed E-state index contributed by atoms with van der Waals surface area (Å²) < 4.78 is 4.45. The fourth-order valence-electron chi connectivity index (χ4n) is 3.06. The van der Waals surface area contributed by atoms with E-state index in [9.17, 15) is 9.59 Å². The molecular weight excluding hydrogens is 324 g/mol. The third kappa shape index (κ3) is 3.85. The second-order valence-corrected chi connectivity index (χ2v) is 6.16. The summed E-state index contributed by atoms with van der Waals surface area (Å²) in [5, 5.41) is 18.8. The number of carboxylic acid groups (broad SMARTS) is 1. The zero-order chi connectivity index (χ0) is 17.8. The van der Waals surface area contributed by atoms with Gasteiger partial charge in [-0.25, -0.2) is 9.42 Å². The molecule has 0 radical (unpaired) electrons. The van der Waals surface area contributed by atoms with E-state index in [0.29, 0.717) is 31.5 Å². The number of fused-ring (bicyclic) bond motifs is 1. The molecule has 1 atom stereocenters. The van der Waals surface area contributed by atoms with Gasteiger partial charge in [-0.05, 0) is 42.6 Å². The molecule has 0 unspecified atom stereocenters. The van der Waals surface area contributed by atoms with Crippen LogP contribution in [0, 0.1) is 0 Å². The number of carbonyl (C=O) groups is 2. The SMILES string of the molecule is CN1Cc2ccccc2C[C@@H]1C(=O)NCCCc1nonc1C(=O)O. The lowest BCUT2D eigenvalue weighted by Gasteiger charge is -2.33. The average molecular weight is 344 g/mol. The highest BCUT2D eigenvalue weighted by atomic mass is 16.6. The van der Waals surface area contributed by atoms with Gasteiger partial charge in [-0.15, -0.1) is 0 Å². The molecule has 1 aromatic heterocycles. The van der Waals surface area contributed by atoms with Crippen LogP contribution >= 0.6 is 0 Å². The molecule has 0 bridgehead atoms. The number of hydrogen-bond donors (Lipinski definition) is 2. The number of nitrogens with zero attached hydrogens (tertiary/aromatic N) is 3. The predicted octanol–water partition coefficient (Wildman–Crippen LogP) is 0.873. The fourth-order valence-corrected chi connectivity index (χ4v) is 3.06. The maximum atomic E-state index is 12.5. The fraction of sp³-hybridized carbons (Fsp3) is 0.412. The lowest BCUT2D eigenvalue weighted by Crippen LogP contribution is -2.48. The summed E-state index contributed by atoms with van der Waals surface area (Å²) in [4.78, 5) is 25.4. The Morgan fingerprint density at radius 2 is 2.08 bits per heavy atom. The Morgan fingerprint density at radius 1 is 1.32 bits per heavy atom. The minimum absolute atomic E-state index is 0.0197. The van der Waals surface area contributed by atoms with Crippen LogP contribution in [0.1, 0.15) is 33.7 Å². The number of carbonyl (C=O) groups excluding carboxylic acids is 1. The Labute approximate surface area is 144 Å². The Balaban J connectivity index is 1.50. The van der Waals surface area contributed by atoms with Crippen molar-refractivity contribution >= 4 is 11.9 Å². The first kappa shape index (κ1) is 17.1. The van der Waals surface area contributed by atoms with Gasteiger partial charge >= 0.3 is 5.97 Å². The minimum atomic E-state index is -1.16. The number of aromatic carboxylic acids is 1. The van der Waals surface area contributed by atoms with Crippen molar-refractivity contribution in [3.05, 3.63) is 46.8 Å². The molecule has 1 amide bonds.